The van der Waals surface area contributed by atoms with Crippen LogP contribution in [-0.4, -0.2) is 9.97 Å². The molecule has 2 nitrogen and oxygen atoms in total. The Labute approximate surface area is 91.7 Å². The fraction of sp³-hybridized carbons (Fsp3) is 0.462. The Morgan fingerprint density at radius 3 is 2.40 bits per heavy atom. The van der Waals surface area contributed by atoms with Crippen molar-refractivity contribution in [1.82, 2.24) is 9.97 Å². The summed E-state index contributed by atoms with van der Waals surface area (Å²) in [6, 6.07) is 4.09. The van der Waals surface area contributed by atoms with E-state index >= 15 is 0 Å². The Hall–Kier alpha value is -1.31. The van der Waals surface area contributed by atoms with Crippen molar-refractivity contribution in [3.05, 3.63) is 30.1 Å². The summed E-state index contributed by atoms with van der Waals surface area (Å²) in [4.78, 5) is 7.52. The van der Waals surface area contributed by atoms with Crippen LogP contribution in [0.5, 0.6) is 0 Å². The van der Waals surface area contributed by atoms with E-state index in [0.29, 0.717) is 0 Å². The first-order valence-electron chi connectivity index (χ1n) is 5.51. The lowest BCUT2D eigenvalue weighted by molar-refractivity contribution is 0.594. The van der Waals surface area contributed by atoms with Crippen LogP contribution in [0.3, 0.4) is 0 Å². The first-order chi connectivity index (χ1) is 7.09. The Kier molecular flexibility index (Phi) is 3.51. The van der Waals surface area contributed by atoms with Gasteiger partial charge in [0, 0.05) is 12.4 Å². The highest BCUT2D eigenvalue weighted by atomic mass is 14.8. The molecule has 0 saturated carbocycles. The third kappa shape index (κ3) is 2.38. The second kappa shape index (κ2) is 4.47. The molecule has 0 saturated heterocycles. The average Bonchev–Trinajstić information content (AvgIpc) is 2.66. The van der Waals surface area contributed by atoms with Gasteiger partial charge in [0.05, 0.1) is 11.0 Å². The molecular formula is C13H20N2. The van der Waals surface area contributed by atoms with Crippen LogP contribution >= 0.6 is 0 Å². The van der Waals surface area contributed by atoms with Gasteiger partial charge in [-0.05, 0) is 23.1 Å². The molecule has 0 atom stereocenters. The van der Waals surface area contributed by atoms with E-state index in [1.54, 1.807) is 0 Å². The quantitative estimate of drug-likeness (QED) is 0.693. The first kappa shape index (κ1) is 11.8. The molecule has 2 heterocycles. The maximum Gasteiger partial charge on any atom is 0.0881 e. The molecular weight excluding hydrogens is 184 g/mol. The van der Waals surface area contributed by atoms with Crippen LogP contribution < -0.4 is 0 Å². The highest BCUT2D eigenvalue weighted by Crippen LogP contribution is 2.27. The van der Waals surface area contributed by atoms with E-state index in [2.05, 4.69) is 36.8 Å². The predicted octanol–water partition coefficient (Wildman–Crippen LogP) is 3.89. The monoisotopic (exact) mass is 204 g/mol. The molecule has 0 aliphatic carbocycles. The van der Waals surface area contributed by atoms with E-state index in [4.69, 9.17) is 0 Å². The van der Waals surface area contributed by atoms with Crippen molar-refractivity contribution in [2.24, 2.45) is 0 Å². The van der Waals surface area contributed by atoms with Gasteiger partial charge in [-0.3, -0.25) is 4.98 Å². The van der Waals surface area contributed by atoms with Gasteiger partial charge in [0.1, 0.15) is 0 Å². The number of H-pyrrole nitrogens is 1. The number of aromatic nitrogens is 2. The van der Waals surface area contributed by atoms with Crippen molar-refractivity contribution in [3.8, 4) is 0 Å². The lowest BCUT2D eigenvalue weighted by Gasteiger charge is -2.19. The van der Waals surface area contributed by atoms with Crippen molar-refractivity contribution in [2.75, 3.05) is 0 Å². The molecule has 0 amide bonds. The molecule has 2 aromatic rings. The Morgan fingerprint density at radius 1 is 1.13 bits per heavy atom. The number of pyridine rings is 1. The second-order valence-corrected chi connectivity index (χ2v) is 4.35. The highest BCUT2D eigenvalue weighted by Gasteiger charge is 2.17. The van der Waals surface area contributed by atoms with Gasteiger partial charge >= 0.3 is 0 Å². The van der Waals surface area contributed by atoms with E-state index in [9.17, 15) is 0 Å². The van der Waals surface area contributed by atoms with Gasteiger partial charge in [-0.1, -0.05) is 34.6 Å². The first-order valence-corrected chi connectivity index (χ1v) is 5.51. The van der Waals surface area contributed by atoms with Gasteiger partial charge in [0.15, 0.2) is 0 Å². The molecule has 82 valence electrons. The van der Waals surface area contributed by atoms with Gasteiger partial charge in [-0.2, -0.15) is 0 Å². The number of aromatic amines is 1. The lowest BCUT2D eigenvalue weighted by atomic mass is 9.87. The SMILES string of the molecule is CC.CC(C)(C)c1ccnc2cc[nH]c12. The number of hydrogen-bond donors (Lipinski definition) is 1. The summed E-state index contributed by atoms with van der Waals surface area (Å²) in [7, 11) is 0. The predicted molar refractivity (Wildman–Crippen MR) is 66.1 cm³/mol. The normalized spacial score (nSPS) is 11.0. The van der Waals surface area contributed by atoms with Crippen molar-refractivity contribution < 1.29 is 0 Å². The Morgan fingerprint density at radius 2 is 1.80 bits per heavy atom. The Bertz CT molecular complexity index is 421. The molecule has 0 spiro atoms. The fourth-order valence-corrected chi connectivity index (χ4v) is 1.58. The standard InChI is InChI=1S/C11H14N2.C2H6/c1-11(2,3)8-4-6-12-9-5-7-13-10(8)9;1-2/h4-7,13H,1-3H3;1-2H3. The largest absolute Gasteiger partial charge is 0.360 e. The van der Waals surface area contributed by atoms with Crippen LogP contribution in [0.4, 0.5) is 0 Å². The molecule has 15 heavy (non-hydrogen) atoms. The van der Waals surface area contributed by atoms with Gasteiger partial charge < -0.3 is 4.98 Å². The minimum absolute atomic E-state index is 0.173. The van der Waals surface area contributed by atoms with Crippen LogP contribution in [0, 0.1) is 0 Å². The molecule has 0 fully saturated rings. The van der Waals surface area contributed by atoms with Gasteiger partial charge in [-0.25, -0.2) is 0 Å². The lowest BCUT2D eigenvalue weighted by Crippen LogP contribution is -2.11. The van der Waals surface area contributed by atoms with Crippen LogP contribution in [0.1, 0.15) is 40.2 Å². The summed E-state index contributed by atoms with van der Waals surface area (Å²) < 4.78 is 0. The Balaban J connectivity index is 0.000000531. The zero-order chi connectivity index (χ0) is 11.5. The van der Waals surface area contributed by atoms with Crippen LogP contribution in [-0.2, 0) is 5.41 Å². The number of fused-ring (bicyclic) bond motifs is 1. The third-order valence-electron chi connectivity index (χ3n) is 2.26. The van der Waals surface area contributed by atoms with Crippen molar-refractivity contribution in [3.63, 3.8) is 0 Å². The van der Waals surface area contributed by atoms with Crippen molar-refractivity contribution in [1.29, 1.82) is 0 Å². The van der Waals surface area contributed by atoms with Crippen molar-refractivity contribution in [2.45, 2.75) is 40.0 Å². The van der Waals surface area contributed by atoms with E-state index in [1.807, 2.05) is 32.3 Å². The van der Waals surface area contributed by atoms with Gasteiger partial charge in [0.25, 0.3) is 0 Å². The molecule has 0 aromatic carbocycles. The summed E-state index contributed by atoms with van der Waals surface area (Å²) in [5.41, 5.74) is 3.71. The summed E-state index contributed by atoms with van der Waals surface area (Å²) in [6.07, 6.45) is 3.81. The maximum atomic E-state index is 4.28. The summed E-state index contributed by atoms with van der Waals surface area (Å²) in [5, 5.41) is 0. The smallest absolute Gasteiger partial charge is 0.0881 e. The average molecular weight is 204 g/mol. The summed E-state index contributed by atoms with van der Waals surface area (Å²) >= 11 is 0. The third-order valence-corrected chi connectivity index (χ3v) is 2.26. The van der Waals surface area contributed by atoms with Gasteiger partial charge in [0.2, 0.25) is 0 Å². The highest BCUT2D eigenvalue weighted by molar-refractivity contribution is 5.79. The van der Waals surface area contributed by atoms with E-state index in [0.717, 1.165) is 11.0 Å². The van der Waals surface area contributed by atoms with Crippen molar-refractivity contribution >= 4 is 11.0 Å². The van der Waals surface area contributed by atoms with E-state index < -0.39 is 0 Å². The summed E-state index contributed by atoms with van der Waals surface area (Å²) in [5.74, 6) is 0. The zero-order valence-electron chi connectivity index (χ0n) is 10.3. The maximum absolute atomic E-state index is 4.28. The zero-order valence-corrected chi connectivity index (χ0v) is 10.3. The minimum Gasteiger partial charge on any atom is -0.360 e. The molecule has 2 rings (SSSR count). The van der Waals surface area contributed by atoms with Crippen LogP contribution in [0.25, 0.3) is 11.0 Å². The topological polar surface area (TPSA) is 28.7 Å². The molecule has 0 aliphatic rings. The fourth-order valence-electron chi connectivity index (χ4n) is 1.58. The minimum atomic E-state index is 0.173. The number of hydrogen-bond acceptors (Lipinski definition) is 1. The van der Waals surface area contributed by atoms with Crippen LogP contribution in [0.15, 0.2) is 24.5 Å². The van der Waals surface area contributed by atoms with Gasteiger partial charge in [-0.15, -0.1) is 0 Å². The second-order valence-electron chi connectivity index (χ2n) is 4.35. The van der Waals surface area contributed by atoms with E-state index in [-0.39, 0.29) is 5.41 Å². The number of nitrogens with zero attached hydrogens (tertiary/aromatic N) is 1. The molecule has 0 radical (unpaired) electrons. The van der Waals surface area contributed by atoms with Crippen LogP contribution in [0.2, 0.25) is 0 Å². The molecule has 1 N–H and O–H groups in total. The summed E-state index contributed by atoms with van der Waals surface area (Å²) in [6.45, 7) is 10.6. The van der Waals surface area contributed by atoms with E-state index in [1.165, 1.54) is 5.56 Å². The molecule has 2 aromatic heterocycles. The molecule has 0 bridgehead atoms. The number of nitrogens with one attached hydrogen (secondary N) is 1. The molecule has 0 aliphatic heterocycles. The molecule has 0 unspecified atom stereocenters. The molecule has 2 heteroatoms. The number of rotatable bonds is 0.